The Hall–Kier alpha value is -2.09. The molecule has 98 valence electrons. The fourth-order valence-electron chi connectivity index (χ4n) is 2.06. The van der Waals surface area contributed by atoms with Gasteiger partial charge >= 0.3 is 5.97 Å². The normalized spacial score (nSPS) is 10.7. The standard InChI is InChI=1S/C17H18O2/c1-13(2)19-17(18)16(14-9-5-3-6-10-14)15-11-7-4-8-12-15/h3-13,16H,1-2H3. The third-order valence-corrected chi connectivity index (χ3v) is 2.85. The molecule has 0 N–H and O–H groups in total. The van der Waals surface area contributed by atoms with Crippen molar-refractivity contribution in [2.24, 2.45) is 0 Å². The molecule has 0 fully saturated rings. The molecule has 2 rings (SSSR count). The maximum Gasteiger partial charge on any atom is 0.318 e. The first-order valence-corrected chi connectivity index (χ1v) is 6.49. The van der Waals surface area contributed by atoms with Gasteiger partial charge in [-0.1, -0.05) is 60.7 Å². The smallest absolute Gasteiger partial charge is 0.318 e. The van der Waals surface area contributed by atoms with Crippen LogP contribution in [0.5, 0.6) is 0 Å². The molecule has 0 saturated carbocycles. The summed E-state index contributed by atoms with van der Waals surface area (Å²) in [5.41, 5.74) is 1.92. The second kappa shape index (κ2) is 6.19. The van der Waals surface area contributed by atoms with Gasteiger partial charge in [-0.2, -0.15) is 0 Å². The van der Waals surface area contributed by atoms with Gasteiger partial charge in [-0.05, 0) is 25.0 Å². The molecule has 0 atom stereocenters. The van der Waals surface area contributed by atoms with Gasteiger partial charge in [0.15, 0.2) is 0 Å². The van der Waals surface area contributed by atoms with Crippen LogP contribution in [0.25, 0.3) is 0 Å². The lowest BCUT2D eigenvalue weighted by molar-refractivity contribution is -0.148. The van der Waals surface area contributed by atoms with Crippen molar-refractivity contribution < 1.29 is 9.53 Å². The predicted octanol–water partition coefficient (Wildman–Crippen LogP) is 3.77. The Morgan fingerprint density at radius 2 is 1.26 bits per heavy atom. The average Bonchev–Trinajstić information content (AvgIpc) is 2.40. The third kappa shape index (κ3) is 3.44. The monoisotopic (exact) mass is 254 g/mol. The lowest BCUT2D eigenvalue weighted by Crippen LogP contribution is -2.20. The van der Waals surface area contributed by atoms with Crippen molar-refractivity contribution >= 4 is 5.97 Å². The molecule has 0 aliphatic carbocycles. The van der Waals surface area contributed by atoms with E-state index in [-0.39, 0.29) is 18.0 Å². The zero-order valence-corrected chi connectivity index (χ0v) is 11.2. The summed E-state index contributed by atoms with van der Waals surface area (Å²) in [6.07, 6.45) is -0.109. The summed E-state index contributed by atoms with van der Waals surface area (Å²) in [5, 5.41) is 0. The van der Waals surface area contributed by atoms with E-state index in [2.05, 4.69) is 0 Å². The van der Waals surface area contributed by atoms with E-state index in [1.165, 1.54) is 0 Å². The second-order valence-corrected chi connectivity index (χ2v) is 4.74. The Labute approximate surface area is 114 Å². The maximum atomic E-state index is 12.3. The summed E-state index contributed by atoms with van der Waals surface area (Å²) >= 11 is 0. The van der Waals surface area contributed by atoms with Gasteiger partial charge in [-0.25, -0.2) is 0 Å². The van der Waals surface area contributed by atoms with Crippen molar-refractivity contribution in [3.05, 3.63) is 71.8 Å². The molecule has 0 saturated heterocycles. The number of benzene rings is 2. The summed E-state index contributed by atoms with van der Waals surface area (Å²) in [6, 6.07) is 19.5. The van der Waals surface area contributed by atoms with E-state index in [0.29, 0.717) is 0 Å². The van der Waals surface area contributed by atoms with Crippen LogP contribution in [0.4, 0.5) is 0 Å². The van der Waals surface area contributed by atoms with Crippen LogP contribution in [0.15, 0.2) is 60.7 Å². The van der Waals surface area contributed by atoms with Gasteiger partial charge in [0.05, 0.1) is 6.10 Å². The molecule has 0 amide bonds. The van der Waals surface area contributed by atoms with Gasteiger partial charge in [-0.15, -0.1) is 0 Å². The Balaban J connectivity index is 2.37. The minimum absolute atomic E-state index is 0.109. The van der Waals surface area contributed by atoms with Crippen molar-refractivity contribution in [3.8, 4) is 0 Å². The summed E-state index contributed by atoms with van der Waals surface area (Å²) < 4.78 is 5.38. The number of hydrogen-bond acceptors (Lipinski definition) is 2. The SMILES string of the molecule is CC(C)OC(=O)C(c1ccccc1)c1ccccc1. The van der Waals surface area contributed by atoms with Crippen LogP contribution >= 0.6 is 0 Å². The van der Waals surface area contributed by atoms with E-state index in [1.807, 2.05) is 74.5 Å². The first-order chi connectivity index (χ1) is 9.18. The van der Waals surface area contributed by atoms with Crippen LogP contribution in [0, 0.1) is 0 Å². The predicted molar refractivity (Wildman–Crippen MR) is 76.0 cm³/mol. The molecule has 0 radical (unpaired) electrons. The number of rotatable bonds is 4. The van der Waals surface area contributed by atoms with Crippen LogP contribution in [0.2, 0.25) is 0 Å². The minimum atomic E-state index is -0.357. The Morgan fingerprint density at radius 1 is 0.842 bits per heavy atom. The van der Waals surface area contributed by atoms with Crippen molar-refractivity contribution in [2.75, 3.05) is 0 Å². The Bertz CT molecular complexity index is 478. The number of ether oxygens (including phenoxy) is 1. The quantitative estimate of drug-likeness (QED) is 0.776. The van der Waals surface area contributed by atoms with Crippen LogP contribution in [-0.2, 0) is 9.53 Å². The van der Waals surface area contributed by atoms with Crippen LogP contribution < -0.4 is 0 Å². The van der Waals surface area contributed by atoms with E-state index < -0.39 is 0 Å². The van der Waals surface area contributed by atoms with Gasteiger partial charge in [-0.3, -0.25) is 4.79 Å². The summed E-state index contributed by atoms with van der Waals surface area (Å²) in [4.78, 5) is 12.3. The average molecular weight is 254 g/mol. The van der Waals surface area contributed by atoms with Gasteiger partial charge in [0.2, 0.25) is 0 Å². The maximum absolute atomic E-state index is 12.3. The molecule has 19 heavy (non-hydrogen) atoms. The lowest BCUT2D eigenvalue weighted by atomic mass is 9.91. The zero-order chi connectivity index (χ0) is 13.7. The molecule has 2 aromatic carbocycles. The van der Waals surface area contributed by atoms with Crippen molar-refractivity contribution in [1.29, 1.82) is 0 Å². The first kappa shape index (κ1) is 13.3. The summed E-state index contributed by atoms with van der Waals surface area (Å²) in [5.74, 6) is -0.558. The highest BCUT2D eigenvalue weighted by molar-refractivity contribution is 5.82. The van der Waals surface area contributed by atoms with Crippen LogP contribution in [-0.4, -0.2) is 12.1 Å². The summed E-state index contributed by atoms with van der Waals surface area (Å²) in [7, 11) is 0. The molecular formula is C17H18O2. The molecule has 0 aliphatic heterocycles. The van der Waals surface area contributed by atoms with E-state index in [1.54, 1.807) is 0 Å². The molecule has 0 bridgehead atoms. The number of esters is 1. The molecule has 2 heteroatoms. The van der Waals surface area contributed by atoms with Crippen LogP contribution in [0.1, 0.15) is 30.9 Å². The third-order valence-electron chi connectivity index (χ3n) is 2.85. The van der Waals surface area contributed by atoms with E-state index in [0.717, 1.165) is 11.1 Å². The van der Waals surface area contributed by atoms with Crippen LogP contribution in [0.3, 0.4) is 0 Å². The molecule has 0 aromatic heterocycles. The number of carbonyl (C=O) groups is 1. The number of carbonyl (C=O) groups excluding carboxylic acids is 1. The molecule has 2 aromatic rings. The fraction of sp³-hybridized carbons (Fsp3) is 0.235. The zero-order valence-electron chi connectivity index (χ0n) is 11.2. The van der Waals surface area contributed by atoms with E-state index in [4.69, 9.17) is 4.74 Å². The Morgan fingerprint density at radius 3 is 1.63 bits per heavy atom. The van der Waals surface area contributed by atoms with Gasteiger partial charge < -0.3 is 4.74 Å². The van der Waals surface area contributed by atoms with Crippen molar-refractivity contribution in [3.63, 3.8) is 0 Å². The lowest BCUT2D eigenvalue weighted by Gasteiger charge is -2.18. The highest BCUT2D eigenvalue weighted by Gasteiger charge is 2.24. The molecule has 0 aliphatic rings. The molecule has 0 heterocycles. The van der Waals surface area contributed by atoms with Gasteiger partial charge in [0.25, 0.3) is 0 Å². The highest BCUT2D eigenvalue weighted by atomic mass is 16.5. The summed E-state index contributed by atoms with van der Waals surface area (Å²) in [6.45, 7) is 3.73. The molecular weight excluding hydrogens is 236 g/mol. The highest BCUT2D eigenvalue weighted by Crippen LogP contribution is 2.26. The fourth-order valence-corrected chi connectivity index (χ4v) is 2.06. The second-order valence-electron chi connectivity index (χ2n) is 4.74. The topological polar surface area (TPSA) is 26.3 Å². The Kier molecular flexibility index (Phi) is 4.35. The van der Waals surface area contributed by atoms with Gasteiger partial charge in [0.1, 0.15) is 5.92 Å². The van der Waals surface area contributed by atoms with Crippen molar-refractivity contribution in [2.45, 2.75) is 25.9 Å². The number of hydrogen-bond donors (Lipinski definition) is 0. The van der Waals surface area contributed by atoms with E-state index >= 15 is 0 Å². The van der Waals surface area contributed by atoms with Crippen molar-refractivity contribution in [1.82, 2.24) is 0 Å². The largest absolute Gasteiger partial charge is 0.462 e. The minimum Gasteiger partial charge on any atom is -0.462 e. The molecule has 0 spiro atoms. The van der Waals surface area contributed by atoms with E-state index in [9.17, 15) is 4.79 Å². The first-order valence-electron chi connectivity index (χ1n) is 6.49. The van der Waals surface area contributed by atoms with Gasteiger partial charge in [0, 0.05) is 0 Å². The molecule has 2 nitrogen and oxygen atoms in total. The molecule has 0 unspecified atom stereocenters.